The van der Waals surface area contributed by atoms with E-state index in [9.17, 15) is 9.18 Å². The molecule has 6 heteroatoms. The zero-order valence-electron chi connectivity index (χ0n) is 14.2. The predicted molar refractivity (Wildman–Crippen MR) is 90.2 cm³/mol. The highest BCUT2D eigenvalue weighted by Crippen LogP contribution is 2.27. The Kier molecular flexibility index (Phi) is 5.81. The molecule has 1 amide bonds. The average Bonchev–Trinajstić information content (AvgIpc) is 2.64. The number of hydrogen-bond acceptors (Lipinski definition) is 4. The van der Waals surface area contributed by atoms with Crippen molar-refractivity contribution in [3.05, 3.63) is 35.6 Å². The zero-order chi connectivity index (χ0) is 16.9. The van der Waals surface area contributed by atoms with Crippen LogP contribution in [0.1, 0.15) is 24.4 Å². The minimum absolute atomic E-state index is 0.00181. The third kappa shape index (κ3) is 3.77. The van der Waals surface area contributed by atoms with Gasteiger partial charge in [0.25, 0.3) is 0 Å². The lowest BCUT2D eigenvalue weighted by molar-refractivity contribution is -0.140. The van der Waals surface area contributed by atoms with E-state index >= 15 is 0 Å². The van der Waals surface area contributed by atoms with Gasteiger partial charge in [0.2, 0.25) is 5.91 Å². The van der Waals surface area contributed by atoms with E-state index in [1.54, 1.807) is 18.2 Å². The van der Waals surface area contributed by atoms with Gasteiger partial charge in [0.15, 0.2) is 0 Å². The van der Waals surface area contributed by atoms with E-state index in [4.69, 9.17) is 4.74 Å². The van der Waals surface area contributed by atoms with Crippen LogP contribution in [0.5, 0.6) is 0 Å². The first kappa shape index (κ1) is 17.3. The summed E-state index contributed by atoms with van der Waals surface area (Å²) >= 11 is 0. The van der Waals surface area contributed by atoms with Gasteiger partial charge in [-0.3, -0.25) is 9.69 Å². The van der Waals surface area contributed by atoms with Gasteiger partial charge in [-0.2, -0.15) is 0 Å². The maximum Gasteiger partial charge on any atom is 0.244 e. The lowest BCUT2D eigenvalue weighted by Crippen LogP contribution is -2.52. The summed E-state index contributed by atoms with van der Waals surface area (Å²) in [6.45, 7) is 3.88. The Morgan fingerprint density at radius 3 is 2.75 bits per heavy atom. The number of nitrogens with zero attached hydrogens (tertiary/aromatic N) is 2. The molecular formula is C18H26FN3O2. The van der Waals surface area contributed by atoms with E-state index in [1.807, 2.05) is 16.8 Å². The second-order valence-corrected chi connectivity index (χ2v) is 6.48. The molecule has 0 saturated carbocycles. The topological polar surface area (TPSA) is 44.8 Å². The van der Waals surface area contributed by atoms with Crippen LogP contribution in [0.4, 0.5) is 4.39 Å². The Labute approximate surface area is 142 Å². The number of amides is 1. The second kappa shape index (κ2) is 8.05. The lowest BCUT2D eigenvalue weighted by Gasteiger charge is -2.39. The molecule has 3 rings (SSSR count). The van der Waals surface area contributed by atoms with Crippen LogP contribution in [0.2, 0.25) is 0 Å². The number of halogens is 1. The Morgan fingerprint density at radius 1 is 1.29 bits per heavy atom. The summed E-state index contributed by atoms with van der Waals surface area (Å²) in [6, 6.07) is 6.37. The Bertz CT molecular complexity index is 563. The Balaban J connectivity index is 1.86. The second-order valence-electron chi connectivity index (χ2n) is 6.48. The highest BCUT2D eigenvalue weighted by Gasteiger charge is 2.35. The molecule has 2 atom stereocenters. The number of likely N-dealkylation sites (tertiary alicyclic amines) is 1. The summed E-state index contributed by atoms with van der Waals surface area (Å²) in [7, 11) is 1.93. The third-order valence-corrected chi connectivity index (χ3v) is 4.99. The normalized spacial score (nSPS) is 23.9. The van der Waals surface area contributed by atoms with Crippen molar-refractivity contribution >= 4 is 5.91 Å². The molecule has 0 radical (unpaired) electrons. The van der Waals surface area contributed by atoms with E-state index in [0.29, 0.717) is 44.5 Å². The standard InChI is InChI=1S/C18H26FN3O2/c1-20-14-5-4-8-22(13-14)18(23)17(21-9-11-24-12-10-21)15-6-2-3-7-16(15)19/h2-3,6-7,14,17,20H,4-5,8-13H2,1H3/t14-,17-/m1/s1. The van der Waals surface area contributed by atoms with Gasteiger partial charge in [-0.05, 0) is 26.0 Å². The minimum Gasteiger partial charge on any atom is -0.379 e. The Hall–Kier alpha value is -1.50. The van der Waals surface area contributed by atoms with Crippen LogP contribution in [0, 0.1) is 5.82 Å². The number of carbonyl (C=O) groups is 1. The van der Waals surface area contributed by atoms with Crippen molar-refractivity contribution in [1.29, 1.82) is 0 Å². The minimum atomic E-state index is -0.564. The van der Waals surface area contributed by atoms with Gasteiger partial charge in [0.1, 0.15) is 11.9 Å². The van der Waals surface area contributed by atoms with E-state index in [0.717, 1.165) is 19.4 Å². The molecule has 0 spiro atoms. The molecule has 0 unspecified atom stereocenters. The van der Waals surface area contributed by atoms with Gasteiger partial charge < -0.3 is 15.0 Å². The quantitative estimate of drug-likeness (QED) is 0.904. The van der Waals surface area contributed by atoms with E-state index in [1.165, 1.54) is 6.07 Å². The number of hydrogen-bond donors (Lipinski definition) is 1. The predicted octanol–water partition coefficient (Wildman–Crippen LogP) is 1.41. The molecule has 0 aromatic heterocycles. The van der Waals surface area contributed by atoms with Crippen LogP contribution in [0.15, 0.2) is 24.3 Å². The first-order chi connectivity index (χ1) is 11.7. The number of likely N-dealkylation sites (N-methyl/N-ethyl adjacent to an activating group) is 1. The van der Waals surface area contributed by atoms with Gasteiger partial charge in [-0.15, -0.1) is 0 Å². The van der Waals surface area contributed by atoms with Crippen molar-refractivity contribution < 1.29 is 13.9 Å². The molecule has 1 N–H and O–H groups in total. The maximum atomic E-state index is 14.4. The highest BCUT2D eigenvalue weighted by molar-refractivity contribution is 5.83. The maximum absolute atomic E-state index is 14.4. The molecule has 24 heavy (non-hydrogen) atoms. The molecule has 5 nitrogen and oxygen atoms in total. The fraction of sp³-hybridized carbons (Fsp3) is 0.611. The van der Waals surface area contributed by atoms with Gasteiger partial charge in [0, 0.05) is 37.8 Å². The van der Waals surface area contributed by atoms with Crippen LogP contribution in [-0.4, -0.2) is 68.2 Å². The summed E-state index contributed by atoms with van der Waals surface area (Å²) in [6.07, 6.45) is 2.05. The number of piperidine rings is 1. The molecule has 132 valence electrons. The van der Waals surface area contributed by atoms with E-state index in [-0.39, 0.29) is 11.7 Å². The van der Waals surface area contributed by atoms with Crippen molar-refractivity contribution in [3.8, 4) is 0 Å². The fourth-order valence-electron chi connectivity index (χ4n) is 3.60. The zero-order valence-corrected chi connectivity index (χ0v) is 14.2. The molecule has 2 heterocycles. The molecule has 2 saturated heterocycles. The van der Waals surface area contributed by atoms with Crippen LogP contribution < -0.4 is 5.32 Å². The summed E-state index contributed by atoms with van der Waals surface area (Å²) < 4.78 is 19.8. The molecule has 2 fully saturated rings. The van der Waals surface area contributed by atoms with Gasteiger partial charge in [0.05, 0.1) is 13.2 Å². The molecule has 0 bridgehead atoms. The van der Waals surface area contributed by atoms with Crippen molar-refractivity contribution in [2.45, 2.75) is 24.9 Å². The number of carbonyl (C=O) groups excluding carboxylic acids is 1. The lowest BCUT2D eigenvalue weighted by atomic mass is 9.99. The summed E-state index contributed by atoms with van der Waals surface area (Å²) in [5.74, 6) is -0.313. The van der Waals surface area contributed by atoms with Crippen LogP contribution in [0.3, 0.4) is 0 Å². The summed E-state index contributed by atoms with van der Waals surface area (Å²) in [5, 5.41) is 3.26. The largest absolute Gasteiger partial charge is 0.379 e. The number of morpholine rings is 1. The molecule has 1 aromatic rings. The van der Waals surface area contributed by atoms with Gasteiger partial charge in [-0.1, -0.05) is 18.2 Å². The number of nitrogens with one attached hydrogen (secondary N) is 1. The van der Waals surface area contributed by atoms with Crippen molar-refractivity contribution in [2.24, 2.45) is 0 Å². The molecule has 0 aliphatic carbocycles. The summed E-state index contributed by atoms with van der Waals surface area (Å²) in [4.78, 5) is 17.2. The average molecular weight is 335 g/mol. The highest BCUT2D eigenvalue weighted by atomic mass is 19.1. The van der Waals surface area contributed by atoms with E-state index < -0.39 is 6.04 Å². The van der Waals surface area contributed by atoms with Crippen LogP contribution in [-0.2, 0) is 9.53 Å². The third-order valence-electron chi connectivity index (χ3n) is 4.99. The SMILES string of the molecule is CN[C@@H]1CCCN(C(=O)[C@@H](c2ccccc2F)N2CCOCC2)C1. The molecule has 2 aliphatic heterocycles. The monoisotopic (exact) mass is 335 g/mol. The smallest absolute Gasteiger partial charge is 0.244 e. The number of benzene rings is 1. The van der Waals surface area contributed by atoms with Crippen molar-refractivity contribution in [1.82, 2.24) is 15.1 Å². The van der Waals surface area contributed by atoms with Crippen LogP contribution >= 0.6 is 0 Å². The molecular weight excluding hydrogens is 309 g/mol. The number of ether oxygens (including phenoxy) is 1. The van der Waals surface area contributed by atoms with E-state index in [2.05, 4.69) is 5.32 Å². The number of rotatable bonds is 4. The first-order valence-corrected chi connectivity index (χ1v) is 8.73. The first-order valence-electron chi connectivity index (χ1n) is 8.73. The fourth-order valence-corrected chi connectivity index (χ4v) is 3.60. The Morgan fingerprint density at radius 2 is 2.04 bits per heavy atom. The van der Waals surface area contributed by atoms with Crippen LogP contribution in [0.25, 0.3) is 0 Å². The molecule has 1 aromatic carbocycles. The van der Waals surface area contributed by atoms with Crippen molar-refractivity contribution in [3.63, 3.8) is 0 Å². The van der Waals surface area contributed by atoms with Gasteiger partial charge >= 0.3 is 0 Å². The molecule has 2 aliphatic rings. The summed E-state index contributed by atoms with van der Waals surface area (Å²) in [5.41, 5.74) is 0.469. The van der Waals surface area contributed by atoms with Gasteiger partial charge in [-0.25, -0.2) is 4.39 Å². The van der Waals surface area contributed by atoms with Crippen molar-refractivity contribution in [2.75, 3.05) is 46.4 Å².